The van der Waals surface area contributed by atoms with E-state index in [0.29, 0.717) is 6.61 Å². The van der Waals surface area contributed by atoms with Gasteiger partial charge in [0, 0.05) is 25.7 Å². The SMILES string of the molecule is O=C1[C@H](O)O[C@@H]([C@H]2COC3(CCCCC3)O2)[C@H]2OC3(CCCCC3)O[C@@H]12. The topological polar surface area (TPSA) is 83.5 Å². The smallest absolute Gasteiger partial charge is 0.220 e. The van der Waals surface area contributed by atoms with Gasteiger partial charge in [0.05, 0.1) is 6.61 Å². The first-order valence-electron chi connectivity index (χ1n) is 10.1. The van der Waals surface area contributed by atoms with Crippen LogP contribution in [0.25, 0.3) is 0 Å². The van der Waals surface area contributed by atoms with E-state index in [1.165, 1.54) is 6.42 Å². The fraction of sp³-hybridized carbons (Fsp3) is 0.947. The monoisotopic (exact) mass is 368 g/mol. The zero-order valence-electron chi connectivity index (χ0n) is 15.1. The molecule has 2 spiro atoms. The van der Waals surface area contributed by atoms with E-state index in [2.05, 4.69) is 0 Å². The summed E-state index contributed by atoms with van der Waals surface area (Å²) < 4.78 is 30.4. The summed E-state index contributed by atoms with van der Waals surface area (Å²) in [6.07, 6.45) is 6.17. The van der Waals surface area contributed by atoms with E-state index in [9.17, 15) is 9.90 Å². The maximum Gasteiger partial charge on any atom is 0.220 e. The largest absolute Gasteiger partial charge is 0.362 e. The predicted octanol–water partition coefficient (Wildman–Crippen LogP) is 1.79. The quantitative estimate of drug-likeness (QED) is 0.755. The lowest BCUT2D eigenvalue weighted by molar-refractivity contribution is -0.246. The zero-order chi connectivity index (χ0) is 17.8. The second-order valence-corrected chi connectivity index (χ2v) is 8.39. The normalized spacial score (nSPS) is 44.5. The Morgan fingerprint density at radius 2 is 1.46 bits per heavy atom. The third-order valence-electron chi connectivity index (χ3n) is 6.60. The van der Waals surface area contributed by atoms with E-state index in [1.807, 2.05) is 0 Å². The Balaban J connectivity index is 1.36. The standard InChI is InChI=1S/C19H28O7/c20-13-15-16(26-19(25-15)9-5-2-6-10-19)14(23-17(13)21)12-11-22-18(24-12)7-3-1-4-8-18/h12,14-17,21H,1-11H2/t12-,14+,15+,16-,17-/m1/s1. The maximum absolute atomic E-state index is 12.4. The third kappa shape index (κ3) is 2.84. The van der Waals surface area contributed by atoms with Gasteiger partial charge in [-0.1, -0.05) is 12.8 Å². The maximum atomic E-state index is 12.4. The number of fused-ring (bicyclic) bond motifs is 1. The predicted molar refractivity (Wildman–Crippen MR) is 88.1 cm³/mol. The van der Waals surface area contributed by atoms with Crippen LogP contribution in [0.15, 0.2) is 0 Å². The van der Waals surface area contributed by atoms with E-state index in [0.717, 1.165) is 57.8 Å². The molecule has 0 amide bonds. The number of hydrogen-bond donors (Lipinski definition) is 1. The van der Waals surface area contributed by atoms with E-state index in [-0.39, 0.29) is 6.10 Å². The van der Waals surface area contributed by atoms with Crippen molar-refractivity contribution in [3.63, 3.8) is 0 Å². The van der Waals surface area contributed by atoms with Gasteiger partial charge in [0.1, 0.15) is 18.3 Å². The van der Waals surface area contributed by atoms with Crippen LogP contribution in [0, 0.1) is 0 Å². The summed E-state index contributed by atoms with van der Waals surface area (Å²) in [5, 5.41) is 10.1. The van der Waals surface area contributed by atoms with Crippen molar-refractivity contribution in [3.05, 3.63) is 0 Å². The highest BCUT2D eigenvalue weighted by Gasteiger charge is 2.61. The molecule has 3 heterocycles. The molecule has 146 valence electrons. The van der Waals surface area contributed by atoms with Crippen molar-refractivity contribution in [2.24, 2.45) is 0 Å². The minimum absolute atomic E-state index is 0.356. The summed E-state index contributed by atoms with van der Waals surface area (Å²) in [7, 11) is 0. The molecular weight excluding hydrogens is 340 g/mol. The Kier molecular flexibility index (Phi) is 4.38. The van der Waals surface area contributed by atoms with Gasteiger partial charge in [-0.15, -0.1) is 0 Å². The first-order chi connectivity index (χ1) is 12.6. The molecule has 0 radical (unpaired) electrons. The molecule has 5 atom stereocenters. The summed E-state index contributed by atoms with van der Waals surface area (Å²) in [6, 6.07) is 0. The number of ether oxygens (including phenoxy) is 5. The summed E-state index contributed by atoms with van der Waals surface area (Å²) in [5.41, 5.74) is 0. The van der Waals surface area contributed by atoms with Crippen LogP contribution in [0.3, 0.4) is 0 Å². The van der Waals surface area contributed by atoms with Gasteiger partial charge in [-0.05, 0) is 25.7 Å². The average Bonchev–Trinajstić information content (AvgIpc) is 3.22. The van der Waals surface area contributed by atoms with Gasteiger partial charge in [0.25, 0.3) is 0 Å². The summed E-state index contributed by atoms with van der Waals surface area (Å²) in [6.45, 7) is 0.394. The molecule has 2 aliphatic carbocycles. The number of rotatable bonds is 1. The molecule has 5 fully saturated rings. The van der Waals surface area contributed by atoms with Crippen LogP contribution < -0.4 is 0 Å². The molecule has 3 aliphatic heterocycles. The molecular formula is C19H28O7. The lowest BCUT2D eigenvalue weighted by Crippen LogP contribution is -2.58. The molecule has 26 heavy (non-hydrogen) atoms. The van der Waals surface area contributed by atoms with Crippen LogP contribution in [-0.4, -0.2) is 59.8 Å². The lowest BCUT2D eigenvalue weighted by atomic mass is 9.94. The molecule has 1 N–H and O–H groups in total. The highest BCUT2D eigenvalue weighted by Crippen LogP contribution is 2.46. The van der Waals surface area contributed by atoms with Gasteiger partial charge in [-0.25, -0.2) is 0 Å². The number of hydrogen-bond acceptors (Lipinski definition) is 7. The van der Waals surface area contributed by atoms with Gasteiger partial charge < -0.3 is 28.8 Å². The highest BCUT2D eigenvalue weighted by atomic mass is 16.8. The van der Waals surface area contributed by atoms with Gasteiger partial charge >= 0.3 is 0 Å². The first-order valence-corrected chi connectivity index (χ1v) is 10.1. The first kappa shape index (κ1) is 17.5. The Labute approximate surface area is 153 Å². The number of aliphatic hydroxyl groups is 1. The molecule has 7 nitrogen and oxygen atoms in total. The Hall–Kier alpha value is -0.570. The summed E-state index contributed by atoms with van der Waals surface area (Å²) in [4.78, 5) is 12.4. The van der Waals surface area contributed by atoms with Gasteiger partial charge in [0.2, 0.25) is 12.1 Å². The van der Waals surface area contributed by atoms with Crippen molar-refractivity contribution in [2.75, 3.05) is 6.61 Å². The van der Waals surface area contributed by atoms with Crippen LogP contribution in [0.2, 0.25) is 0 Å². The van der Waals surface area contributed by atoms with E-state index in [1.54, 1.807) is 0 Å². The van der Waals surface area contributed by atoms with Crippen molar-refractivity contribution in [3.8, 4) is 0 Å². The van der Waals surface area contributed by atoms with E-state index < -0.39 is 42.0 Å². The average molecular weight is 368 g/mol. The highest BCUT2D eigenvalue weighted by molar-refractivity contribution is 5.87. The van der Waals surface area contributed by atoms with Crippen LogP contribution >= 0.6 is 0 Å². The lowest BCUT2D eigenvalue weighted by Gasteiger charge is -2.37. The molecule has 2 saturated carbocycles. The van der Waals surface area contributed by atoms with E-state index >= 15 is 0 Å². The number of carbonyl (C=O) groups excluding carboxylic acids is 1. The minimum atomic E-state index is -1.49. The fourth-order valence-corrected chi connectivity index (χ4v) is 5.25. The molecule has 3 saturated heterocycles. The zero-order valence-corrected chi connectivity index (χ0v) is 15.1. The van der Waals surface area contributed by atoms with Crippen molar-refractivity contribution in [2.45, 2.75) is 106 Å². The van der Waals surface area contributed by atoms with Gasteiger partial charge in [-0.2, -0.15) is 0 Å². The van der Waals surface area contributed by atoms with Gasteiger partial charge in [0.15, 0.2) is 17.7 Å². The molecule has 7 heteroatoms. The fourth-order valence-electron chi connectivity index (χ4n) is 5.25. The summed E-state index contributed by atoms with van der Waals surface area (Å²) >= 11 is 0. The molecule has 0 aromatic heterocycles. The number of carbonyl (C=O) groups is 1. The Bertz CT molecular complexity index is 552. The Morgan fingerprint density at radius 3 is 2.15 bits per heavy atom. The van der Waals surface area contributed by atoms with Crippen LogP contribution in [0.4, 0.5) is 0 Å². The molecule has 5 rings (SSSR count). The minimum Gasteiger partial charge on any atom is -0.362 e. The second-order valence-electron chi connectivity index (χ2n) is 8.39. The molecule has 0 aromatic rings. The van der Waals surface area contributed by atoms with E-state index in [4.69, 9.17) is 23.7 Å². The molecule has 5 aliphatic rings. The molecule has 0 bridgehead atoms. The number of ketones is 1. The number of aliphatic hydroxyl groups excluding tert-OH is 1. The van der Waals surface area contributed by atoms with Crippen molar-refractivity contribution >= 4 is 5.78 Å². The molecule has 0 aromatic carbocycles. The second kappa shape index (κ2) is 6.50. The van der Waals surface area contributed by atoms with Crippen molar-refractivity contribution in [1.82, 2.24) is 0 Å². The van der Waals surface area contributed by atoms with Crippen LogP contribution in [0.5, 0.6) is 0 Å². The molecule has 0 unspecified atom stereocenters. The Morgan fingerprint density at radius 1 is 0.808 bits per heavy atom. The van der Waals surface area contributed by atoms with Gasteiger partial charge in [-0.3, -0.25) is 4.79 Å². The van der Waals surface area contributed by atoms with Crippen molar-refractivity contribution < 1.29 is 33.6 Å². The summed E-state index contributed by atoms with van der Waals surface area (Å²) in [5.74, 6) is -1.69. The van der Waals surface area contributed by atoms with Crippen molar-refractivity contribution in [1.29, 1.82) is 0 Å². The number of Topliss-reactive ketones (excluding diaryl/α,β-unsaturated/α-hetero) is 1. The third-order valence-corrected chi connectivity index (χ3v) is 6.60. The van der Waals surface area contributed by atoms with Crippen LogP contribution in [0.1, 0.15) is 64.2 Å². The van der Waals surface area contributed by atoms with Crippen LogP contribution in [-0.2, 0) is 28.5 Å².